The van der Waals surface area contributed by atoms with E-state index in [1.165, 1.54) is 18.2 Å². The highest BCUT2D eigenvalue weighted by Crippen LogP contribution is 2.47. The molecule has 1 saturated carbocycles. The molecule has 0 spiro atoms. The minimum atomic E-state index is -0.220. The second-order valence-electron chi connectivity index (χ2n) is 4.51. The third kappa shape index (κ3) is 2.73. The predicted molar refractivity (Wildman–Crippen MR) is 65.1 cm³/mol. The van der Waals surface area contributed by atoms with E-state index in [9.17, 15) is 9.18 Å². The quantitative estimate of drug-likeness (QED) is 0.796. The average Bonchev–Trinajstić information content (AvgIpc) is 3.09. The fourth-order valence-electron chi connectivity index (χ4n) is 1.99. The van der Waals surface area contributed by atoms with Gasteiger partial charge in [0.25, 0.3) is 0 Å². The first kappa shape index (κ1) is 11.8. The van der Waals surface area contributed by atoms with Crippen molar-refractivity contribution >= 4 is 5.91 Å². The molecule has 1 fully saturated rings. The van der Waals surface area contributed by atoms with Crippen molar-refractivity contribution in [2.75, 3.05) is 6.54 Å². The molecule has 1 amide bonds. The maximum atomic E-state index is 12.8. The number of amides is 1. The van der Waals surface area contributed by atoms with Gasteiger partial charge in [0, 0.05) is 12.0 Å². The van der Waals surface area contributed by atoms with Crippen molar-refractivity contribution in [3.8, 4) is 0 Å². The summed E-state index contributed by atoms with van der Waals surface area (Å²) in [7, 11) is 0. The van der Waals surface area contributed by atoms with Gasteiger partial charge < -0.3 is 5.32 Å². The number of allylic oxidation sites excluding steroid dienone is 1. The van der Waals surface area contributed by atoms with Crippen LogP contribution in [0.2, 0.25) is 0 Å². The topological polar surface area (TPSA) is 29.1 Å². The minimum absolute atomic E-state index is 0.0327. The smallest absolute Gasteiger partial charge is 0.243 e. The SMILES string of the molecule is C/C=C/C(=O)NCC1(c2ccc(F)cc2)CC1. The summed E-state index contributed by atoms with van der Waals surface area (Å²) < 4.78 is 12.8. The normalized spacial score (nSPS) is 17.1. The first-order valence-corrected chi connectivity index (χ1v) is 5.83. The Labute approximate surface area is 101 Å². The highest BCUT2D eigenvalue weighted by atomic mass is 19.1. The Kier molecular flexibility index (Phi) is 3.27. The third-order valence-corrected chi connectivity index (χ3v) is 3.23. The molecule has 3 heteroatoms. The highest BCUT2D eigenvalue weighted by Gasteiger charge is 2.44. The summed E-state index contributed by atoms with van der Waals surface area (Å²) in [4.78, 5) is 11.3. The van der Waals surface area contributed by atoms with Gasteiger partial charge in [-0.1, -0.05) is 18.2 Å². The van der Waals surface area contributed by atoms with Gasteiger partial charge in [-0.05, 0) is 43.5 Å². The summed E-state index contributed by atoms with van der Waals surface area (Å²) >= 11 is 0. The van der Waals surface area contributed by atoms with Crippen LogP contribution in [0.4, 0.5) is 4.39 Å². The van der Waals surface area contributed by atoms with E-state index < -0.39 is 0 Å². The van der Waals surface area contributed by atoms with Crippen molar-refractivity contribution in [2.24, 2.45) is 0 Å². The lowest BCUT2D eigenvalue weighted by atomic mass is 9.96. The minimum Gasteiger partial charge on any atom is -0.352 e. The fraction of sp³-hybridized carbons (Fsp3) is 0.357. The van der Waals surface area contributed by atoms with Gasteiger partial charge in [-0.2, -0.15) is 0 Å². The zero-order chi connectivity index (χ0) is 12.3. The number of halogens is 1. The van der Waals surface area contributed by atoms with Gasteiger partial charge in [0.1, 0.15) is 5.82 Å². The second-order valence-corrected chi connectivity index (χ2v) is 4.51. The van der Waals surface area contributed by atoms with Crippen LogP contribution >= 0.6 is 0 Å². The number of rotatable bonds is 4. The molecule has 0 radical (unpaired) electrons. The molecule has 2 nitrogen and oxygen atoms in total. The summed E-state index contributed by atoms with van der Waals surface area (Å²) in [5.74, 6) is -0.289. The molecule has 1 aliphatic carbocycles. The number of hydrogen-bond donors (Lipinski definition) is 1. The molecule has 0 atom stereocenters. The molecule has 0 saturated heterocycles. The molecule has 0 unspecified atom stereocenters. The lowest BCUT2D eigenvalue weighted by Gasteiger charge is -2.15. The Hall–Kier alpha value is -1.64. The molecule has 1 aromatic carbocycles. The largest absolute Gasteiger partial charge is 0.352 e. The lowest BCUT2D eigenvalue weighted by Crippen LogP contribution is -2.31. The molecule has 0 aliphatic heterocycles. The standard InChI is InChI=1S/C14H16FNO/c1-2-3-13(17)16-10-14(8-9-14)11-4-6-12(15)7-5-11/h2-7H,8-10H2,1H3,(H,16,17)/b3-2+. The van der Waals surface area contributed by atoms with E-state index in [-0.39, 0.29) is 17.1 Å². The molecule has 0 aromatic heterocycles. The number of carbonyl (C=O) groups excluding carboxylic acids is 1. The van der Waals surface area contributed by atoms with Crippen LogP contribution in [0.3, 0.4) is 0 Å². The summed E-state index contributed by atoms with van der Waals surface area (Å²) in [6, 6.07) is 6.57. The first-order valence-electron chi connectivity index (χ1n) is 5.83. The molecule has 1 aromatic rings. The van der Waals surface area contributed by atoms with Crippen LogP contribution in [0.25, 0.3) is 0 Å². The Morgan fingerprint density at radius 2 is 2.06 bits per heavy atom. The molecular formula is C14H16FNO. The van der Waals surface area contributed by atoms with Gasteiger partial charge in [-0.15, -0.1) is 0 Å². The number of nitrogens with one attached hydrogen (secondary N) is 1. The maximum Gasteiger partial charge on any atom is 0.243 e. The Bertz CT molecular complexity index is 432. The molecule has 17 heavy (non-hydrogen) atoms. The summed E-state index contributed by atoms with van der Waals surface area (Å²) in [5.41, 5.74) is 1.14. The molecule has 1 aliphatic rings. The lowest BCUT2D eigenvalue weighted by molar-refractivity contribution is -0.116. The van der Waals surface area contributed by atoms with Crippen molar-refractivity contribution in [1.82, 2.24) is 5.32 Å². The first-order chi connectivity index (χ1) is 8.16. The number of benzene rings is 1. The summed E-state index contributed by atoms with van der Waals surface area (Å²) in [6.45, 7) is 2.44. The zero-order valence-electron chi connectivity index (χ0n) is 9.87. The molecule has 2 rings (SSSR count). The average molecular weight is 233 g/mol. The Morgan fingerprint density at radius 1 is 1.41 bits per heavy atom. The molecule has 1 N–H and O–H groups in total. The van der Waals surface area contributed by atoms with Gasteiger partial charge in [-0.3, -0.25) is 4.79 Å². The van der Waals surface area contributed by atoms with Gasteiger partial charge >= 0.3 is 0 Å². The highest BCUT2D eigenvalue weighted by molar-refractivity contribution is 5.87. The predicted octanol–water partition coefficient (Wildman–Crippen LogP) is 2.55. The molecule has 90 valence electrons. The van der Waals surface area contributed by atoms with Gasteiger partial charge in [0.15, 0.2) is 0 Å². The van der Waals surface area contributed by atoms with Crippen molar-refractivity contribution in [3.05, 3.63) is 47.8 Å². The van der Waals surface area contributed by atoms with Crippen molar-refractivity contribution in [3.63, 3.8) is 0 Å². The van der Waals surface area contributed by atoms with E-state index >= 15 is 0 Å². The molecular weight excluding hydrogens is 217 g/mol. The van der Waals surface area contributed by atoms with Crippen molar-refractivity contribution in [2.45, 2.75) is 25.2 Å². The van der Waals surface area contributed by atoms with Crippen LogP contribution in [-0.4, -0.2) is 12.5 Å². The van der Waals surface area contributed by atoms with Crippen LogP contribution in [0, 0.1) is 5.82 Å². The van der Waals surface area contributed by atoms with Crippen LogP contribution in [0.5, 0.6) is 0 Å². The van der Waals surface area contributed by atoms with E-state index in [0.717, 1.165) is 18.4 Å². The van der Waals surface area contributed by atoms with Gasteiger partial charge in [-0.25, -0.2) is 4.39 Å². The second kappa shape index (κ2) is 4.70. The van der Waals surface area contributed by atoms with Crippen LogP contribution in [0.1, 0.15) is 25.3 Å². The molecule has 0 bridgehead atoms. The zero-order valence-corrected chi connectivity index (χ0v) is 9.87. The van der Waals surface area contributed by atoms with E-state index in [0.29, 0.717) is 6.54 Å². The van der Waals surface area contributed by atoms with E-state index in [2.05, 4.69) is 5.32 Å². The molecule has 0 heterocycles. The van der Waals surface area contributed by atoms with Crippen molar-refractivity contribution in [1.29, 1.82) is 0 Å². The Morgan fingerprint density at radius 3 is 2.59 bits per heavy atom. The maximum absolute atomic E-state index is 12.8. The summed E-state index contributed by atoms with van der Waals surface area (Å²) in [6.07, 6.45) is 5.33. The summed E-state index contributed by atoms with van der Waals surface area (Å²) in [5, 5.41) is 2.88. The van der Waals surface area contributed by atoms with E-state index in [1.54, 1.807) is 6.08 Å². The van der Waals surface area contributed by atoms with Gasteiger partial charge in [0.05, 0.1) is 0 Å². The van der Waals surface area contributed by atoms with Crippen LogP contribution in [-0.2, 0) is 10.2 Å². The van der Waals surface area contributed by atoms with Crippen LogP contribution < -0.4 is 5.32 Å². The fourth-order valence-corrected chi connectivity index (χ4v) is 1.99. The van der Waals surface area contributed by atoms with E-state index in [1.807, 2.05) is 19.1 Å². The van der Waals surface area contributed by atoms with Crippen molar-refractivity contribution < 1.29 is 9.18 Å². The monoisotopic (exact) mass is 233 g/mol. The third-order valence-electron chi connectivity index (χ3n) is 3.23. The van der Waals surface area contributed by atoms with E-state index in [4.69, 9.17) is 0 Å². The Balaban J connectivity index is 2.00. The van der Waals surface area contributed by atoms with Gasteiger partial charge in [0.2, 0.25) is 5.91 Å². The number of hydrogen-bond acceptors (Lipinski definition) is 1. The number of carbonyl (C=O) groups is 1. The van der Waals surface area contributed by atoms with Crippen LogP contribution in [0.15, 0.2) is 36.4 Å².